The summed E-state index contributed by atoms with van der Waals surface area (Å²) < 4.78 is 2.36. The molecule has 0 aliphatic heterocycles. The van der Waals surface area contributed by atoms with Crippen molar-refractivity contribution >= 4 is 22.5 Å². The zero-order chi connectivity index (χ0) is 19.8. The Bertz CT molecular complexity index is 1080. The first kappa shape index (κ1) is 17.7. The number of para-hydroxylation sites is 2. The topological polar surface area (TPSA) is 34.9 Å². The van der Waals surface area contributed by atoms with Crippen LogP contribution in [0.15, 0.2) is 48.3 Å². The lowest BCUT2D eigenvalue weighted by Gasteiger charge is -2.57. The Hall–Kier alpha value is -2.16. The molecule has 0 saturated heterocycles. The molecule has 1 aromatic heterocycles. The van der Waals surface area contributed by atoms with Gasteiger partial charge in [-0.1, -0.05) is 43.7 Å². The van der Waals surface area contributed by atoms with Gasteiger partial charge in [0.15, 0.2) is 0 Å². The van der Waals surface area contributed by atoms with Gasteiger partial charge in [-0.05, 0) is 67.4 Å². The van der Waals surface area contributed by atoms with Crippen molar-refractivity contribution in [3.8, 4) is 0 Å². The summed E-state index contributed by atoms with van der Waals surface area (Å²) in [4.78, 5) is 16.7. The largest absolute Gasteiger partial charge is 0.302 e. The molecule has 150 valence electrons. The molecule has 0 amide bonds. The Morgan fingerprint density at radius 1 is 1.03 bits per heavy atom. The minimum atomic E-state index is 0.219. The Balaban J connectivity index is 1.37. The van der Waals surface area contributed by atoms with Crippen LogP contribution in [0.2, 0.25) is 0 Å². The van der Waals surface area contributed by atoms with Gasteiger partial charge in [-0.3, -0.25) is 4.79 Å². The predicted octanol–water partition coefficient (Wildman–Crippen LogP) is 6.02. The molecule has 3 unspecified atom stereocenters. The van der Waals surface area contributed by atoms with Gasteiger partial charge in [0.1, 0.15) is 12.1 Å². The maximum absolute atomic E-state index is 12.1. The van der Waals surface area contributed by atoms with Crippen molar-refractivity contribution in [3.05, 3.63) is 48.3 Å². The second kappa shape index (κ2) is 5.93. The van der Waals surface area contributed by atoms with Gasteiger partial charge >= 0.3 is 0 Å². The Kier molecular flexibility index (Phi) is 3.62. The molecule has 0 bridgehead atoms. The number of carbonyl (C=O) groups excluding carboxylic acids is 1. The highest BCUT2D eigenvalue weighted by Gasteiger charge is 2.57. The molecule has 6 rings (SSSR count). The van der Waals surface area contributed by atoms with Crippen molar-refractivity contribution in [3.63, 3.8) is 0 Å². The molecular formula is C26H30N2O. The first-order valence-corrected chi connectivity index (χ1v) is 11.3. The number of ketones is 1. The van der Waals surface area contributed by atoms with Gasteiger partial charge in [0.2, 0.25) is 0 Å². The third-order valence-electron chi connectivity index (χ3n) is 9.19. The normalized spacial score (nSPS) is 38.8. The highest BCUT2D eigenvalue weighted by molar-refractivity contribution is 5.83. The smallest absolute Gasteiger partial charge is 0.136 e. The summed E-state index contributed by atoms with van der Waals surface area (Å²) in [5.74, 6) is 2.62. The van der Waals surface area contributed by atoms with Crippen molar-refractivity contribution in [1.82, 2.24) is 9.55 Å². The van der Waals surface area contributed by atoms with E-state index >= 15 is 0 Å². The van der Waals surface area contributed by atoms with E-state index in [9.17, 15) is 4.79 Å². The average Bonchev–Trinajstić information content (AvgIpc) is 3.29. The number of nitrogens with zero attached hydrogens (tertiary/aromatic N) is 2. The van der Waals surface area contributed by atoms with Gasteiger partial charge in [0.05, 0.1) is 11.0 Å². The molecule has 4 aliphatic rings. The number of fused-ring (bicyclic) bond motifs is 6. The molecule has 2 fully saturated rings. The summed E-state index contributed by atoms with van der Waals surface area (Å²) in [6.07, 6.45) is 14.4. The summed E-state index contributed by atoms with van der Waals surface area (Å²) in [6.45, 7) is 4.98. The second-order valence-corrected chi connectivity index (χ2v) is 10.4. The van der Waals surface area contributed by atoms with Crippen LogP contribution in [0.5, 0.6) is 0 Å². The van der Waals surface area contributed by atoms with Gasteiger partial charge < -0.3 is 4.57 Å². The first-order chi connectivity index (χ1) is 14.0. The van der Waals surface area contributed by atoms with Gasteiger partial charge in [-0.15, -0.1) is 0 Å². The van der Waals surface area contributed by atoms with Crippen LogP contribution < -0.4 is 0 Å². The molecule has 2 saturated carbocycles. The number of Topliss-reactive ketones (excluding diaryl/α,β-unsaturated/α-hetero) is 1. The molecular weight excluding hydrogens is 356 g/mol. The second-order valence-electron chi connectivity index (χ2n) is 10.4. The molecule has 29 heavy (non-hydrogen) atoms. The van der Waals surface area contributed by atoms with Crippen LogP contribution in [0.1, 0.15) is 58.8 Å². The zero-order valence-electron chi connectivity index (χ0n) is 17.5. The van der Waals surface area contributed by atoms with Crippen LogP contribution >= 0.6 is 0 Å². The summed E-state index contributed by atoms with van der Waals surface area (Å²) in [7, 11) is 0. The molecule has 1 heterocycles. The third-order valence-corrected chi connectivity index (χ3v) is 9.19. The molecule has 0 N–H and O–H groups in total. The van der Waals surface area contributed by atoms with E-state index in [0.29, 0.717) is 18.1 Å². The van der Waals surface area contributed by atoms with E-state index in [-0.39, 0.29) is 10.8 Å². The Morgan fingerprint density at radius 3 is 2.79 bits per heavy atom. The molecule has 1 aromatic carbocycles. The molecule has 0 spiro atoms. The maximum Gasteiger partial charge on any atom is 0.136 e. The Morgan fingerprint density at radius 2 is 1.90 bits per heavy atom. The number of aromatic nitrogens is 2. The van der Waals surface area contributed by atoms with Gasteiger partial charge in [-0.25, -0.2) is 4.98 Å². The minimum absolute atomic E-state index is 0.219. The highest BCUT2D eigenvalue weighted by atomic mass is 16.1. The minimum Gasteiger partial charge on any atom is -0.302 e. The fourth-order valence-corrected chi connectivity index (χ4v) is 7.55. The van der Waals surface area contributed by atoms with Gasteiger partial charge in [0.25, 0.3) is 0 Å². The SMILES string of the molecule is C[C@]12CCC(=O)CC1=CCC1C2CC[C@]2(C)C(n3cnc4ccccc43)=CCC12. The van der Waals surface area contributed by atoms with Gasteiger partial charge in [0, 0.05) is 24.0 Å². The van der Waals surface area contributed by atoms with E-state index in [0.717, 1.165) is 36.6 Å². The number of allylic oxidation sites excluding steroid dienone is 4. The average molecular weight is 387 g/mol. The van der Waals surface area contributed by atoms with Crippen LogP contribution in [0.3, 0.4) is 0 Å². The van der Waals surface area contributed by atoms with E-state index in [4.69, 9.17) is 0 Å². The van der Waals surface area contributed by atoms with E-state index in [1.54, 1.807) is 0 Å². The quantitative estimate of drug-likeness (QED) is 0.562. The number of carbonyl (C=O) groups is 1. The monoisotopic (exact) mass is 386 g/mol. The third kappa shape index (κ3) is 2.30. The maximum atomic E-state index is 12.1. The number of hydrogen-bond acceptors (Lipinski definition) is 2. The molecule has 4 aliphatic carbocycles. The van der Waals surface area contributed by atoms with Crippen molar-refractivity contribution in [1.29, 1.82) is 0 Å². The lowest BCUT2D eigenvalue weighted by atomic mass is 9.48. The lowest BCUT2D eigenvalue weighted by molar-refractivity contribution is -0.122. The molecule has 0 radical (unpaired) electrons. The molecule has 3 nitrogen and oxygen atoms in total. The highest BCUT2D eigenvalue weighted by Crippen LogP contribution is 2.65. The van der Waals surface area contributed by atoms with Crippen molar-refractivity contribution < 1.29 is 4.79 Å². The molecule has 5 atom stereocenters. The van der Waals surface area contributed by atoms with Crippen LogP contribution in [0, 0.1) is 28.6 Å². The Labute approximate surface area is 172 Å². The number of rotatable bonds is 1. The zero-order valence-corrected chi connectivity index (χ0v) is 17.5. The molecule has 3 heteroatoms. The summed E-state index contributed by atoms with van der Waals surface area (Å²) in [5, 5.41) is 0. The van der Waals surface area contributed by atoms with E-state index in [2.05, 4.69) is 59.8 Å². The van der Waals surface area contributed by atoms with E-state index in [1.165, 1.54) is 36.0 Å². The van der Waals surface area contributed by atoms with E-state index in [1.807, 2.05) is 6.33 Å². The lowest BCUT2D eigenvalue weighted by Crippen LogP contribution is -2.49. The summed E-state index contributed by atoms with van der Waals surface area (Å²) in [5.41, 5.74) is 5.71. The van der Waals surface area contributed by atoms with Crippen molar-refractivity contribution in [2.24, 2.45) is 28.6 Å². The van der Waals surface area contributed by atoms with Crippen LogP contribution in [0.4, 0.5) is 0 Å². The number of benzene rings is 1. The molecule has 2 aromatic rings. The van der Waals surface area contributed by atoms with Crippen molar-refractivity contribution in [2.75, 3.05) is 0 Å². The van der Waals surface area contributed by atoms with Crippen LogP contribution in [-0.2, 0) is 4.79 Å². The standard InChI is InChI=1S/C26H30N2O/c1-25-13-11-18(29)15-17(25)7-8-19-20-9-10-24(26(20,2)14-12-21(19)25)28-16-27-22-5-3-4-6-23(22)28/h3-7,10,16,19-21H,8-9,11-15H2,1-2H3/t19?,20?,21?,25-,26-/m0/s1. The fourth-order valence-electron chi connectivity index (χ4n) is 7.55. The summed E-state index contributed by atoms with van der Waals surface area (Å²) >= 11 is 0. The predicted molar refractivity (Wildman–Crippen MR) is 116 cm³/mol. The van der Waals surface area contributed by atoms with Crippen LogP contribution in [-0.4, -0.2) is 15.3 Å². The van der Waals surface area contributed by atoms with Gasteiger partial charge in [-0.2, -0.15) is 0 Å². The van der Waals surface area contributed by atoms with E-state index < -0.39 is 0 Å². The van der Waals surface area contributed by atoms with Crippen molar-refractivity contribution in [2.45, 2.75) is 58.8 Å². The first-order valence-electron chi connectivity index (χ1n) is 11.3. The fraction of sp³-hybridized carbons (Fsp3) is 0.538. The number of imidazole rings is 1. The summed E-state index contributed by atoms with van der Waals surface area (Å²) in [6, 6.07) is 8.49. The number of hydrogen-bond donors (Lipinski definition) is 0. The van der Waals surface area contributed by atoms with Crippen LogP contribution in [0.25, 0.3) is 16.7 Å².